The summed E-state index contributed by atoms with van der Waals surface area (Å²) < 4.78 is 26.3. The Morgan fingerprint density at radius 3 is 1.91 bits per heavy atom. The van der Waals surface area contributed by atoms with E-state index in [1.807, 2.05) is 12.2 Å². The van der Waals surface area contributed by atoms with Crippen LogP contribution in [0.2, 0.25) is 0 Å². The first-order valence-corrected chi connectivity index (χ1v) is 22.3. The van der Waals surface area contributed by atoms with Crippen LogP contribution in [0, 0.1) is 11.8 Å². The Bertz CT molecular complexity index is 1070. The second-order valence-electron chi connectivity index (χ2n) is 14.7. The number of esters is 2. The number of ketones is 1. The minimum absolute atomic E-state index is 0.00588. The molecule has 0 spiro atoms. The molecule has 5 atom stereocenters. The van der Waals surface area contributed by atoms with E-state index in [0.29, 0.717) is 32.1 Å². The van der Waals surface area contributed by atoms with E-state index in [-0.39, 0.29) is 43.5 Å². The first kappa shape index (κ1) is 49.1. The first-order valence-electron chi connectivity index (χ1n) is 20.7. The summed E-state index contributed by atoms with van der Waals surface area (Å²) in [5, 5.41) is 20.6. The predicted octanol–water partition coefficient (Wildman–Crippen LogP) is 8.99. The lowest BCUT2D eigenvalue weighted by Crippen LogP contribution is -2.29. The van der Waals surface area contributed by atoms with Crippen LogP contribution in [-0.2, 0) is 32.9 Å². The Balaban J connectivity index is 2.29. The molecular formula is C41H73O11P. The van der Waals surface area contributed by atoms with E-state index in [2.05, 4.69) is 18.4 Å². The number of hydrogen-bond donors (Lipinski definition) is 4. The summed E-state index contributed by atoms with van der Waals surface area (Å²) in [6.45, 7) is 3.36. The fraction of sp³-hybridized carbons (Fsp3) is 0.829. The highest BCUT2D eigenvalue weighted by molar-refractivity contribution is 7.46. The molecule has 12 heteroatoms. The monoisotopic (exact) mass is 772 g/mol. The summed E-state index contributed by atoms with van der Waals surface area (Å²) in [5.41, 5.74) is 0. The van der Waals surface area contributed by atoms with Gasteiger partial charge in [-0.15, -0.1) is 0 Å². The second kappa shape index (κ2) is 31.3. The van der Waals surface area contributed by atoms with Gasteiger partial charge in [0.05, 0.1) is 18.8 Å². The van der Waals surface area contributed by atoms with Crippen molar-refractivity contribution in [2.75, 3.05) is 13.2 Å². The zero-order valence-electron chi connectivity index (χ0n) is 32.9. The van der Waals surface area contributed by atoms with Gasteiger partial charge in [-0.3, -0.25) is 18.9 Å². The minimum atomic E-state index is -4.82. The molecule has 1 saturated carbocycles. The molecule has 1 fully saturated rings. The molecule has 4 N–H and O–H groups in total. The summed E-state index contributed by atoms with van der Waals surface area (Å²) in [6, 6.07) is 0. The zero-order chi connectivity index (χ0) is 39.2. The van der Waals surface area contributed by atoms with Crippen LogP contribution in [0.3, 0.4) is 0 Å². The van der Waals surface area contributed by atoms with E-state index in [1.54, 1.807) is 12.2 Å². The topological polar surface area (TPSA) is 177 Å². The third kappa shape index (κ3) is 27.4. The van der Waals surface area contributed by atoms with Crippen LogP contribution in [0.1, 0.15) is 174 Å². The smallest absolute Gasteiger partial charge is 0.462 e. The van der Waals surface area contributed by atoms with Gasteiger partial charge in [0.15, 0.2) is 6.10 Å². The predicted molar refractivity (Wildman–Crippen MR) is 208 cm³/mol. The van der Waals surface area contributed by atoms with Crippen LogP contribution in [-0.4, -0.2) is 69.2 Å². The van der Waals surface area contributed by atoms with Crippen molar-refractivity contribution in [1.82, 2.24) is 0 Å². The van der Waals surface area contributed by atoms with Gasteiger partial charge in [0.1, 0.15) is 12.4 Å². The van der Waals surface area contributed by atoms with Crippen molar-refractivity contribution in [3.05, 3.63) is 24.3 Å². The third-order valence-electron chi connectivity index (χ3n) is 9.84. The van der Waals surface area contributed by atoms with E-state index in [1.165, 1.54) is 70.6 Å². The molecule has 1 aliphatic rings. The maximum atomic E-state index is 12.5. The van der Waals surface area contributed by atoms with Crippen molar-refractivity contribution in [3.8, 4) is 0 Å². The van der Waals surface area contributed by atoms with Gasteiger partial charge < -0.3 is 29.5 Å². The molecule has 1 aliphatic carbocycles. The highest BCUT2D eigenvalue weighted by Gasteiger charge is 2.39. The van der Waals surface area contributed by atoms with Crippen LogP contribution in [0.15, 0.2) is 24.3 Å². The number of carbonyl (C=O) groups is 3. The Labute approximate surface area is 320 Å². The molecule has 0 radical (unpaired) electrons. The summed E-state index contributed by atoms with van der Waals surface area (Å²) in [4.78, 5) is 55.5. The number of phosphoric ester groups is 1. The molecule has 0 amide bonds. The van der Waals surface area contributed by atoms with Gasteiger partial charge in [-0.2, -0.15) is 0 Å². The summed E-state index contributed by atoms with van der Waals surface area (Å²) in [7, 11) is -4.82. The molecule has 0 bridgehead atoms. The fourth-order valence-corrected chi connectivity index (χ4v) is 7.01. The molecule has 0 aromatic rings. The standard InChI is InChI=1S/C41H73O11P/c1-3-5-7-8-9-10-11-12-13-14-15-16-17-18-24-28-41(46)52-35(33-51-53(47,48)49)32-50-40(45)27-23-20-19-22-26-36-37(39(44)31-38(36)43)30-29-34(42)25-21-6-4-2/h19,22,29-30,34-37,39,42,44H,3-18,20-21,23-28,31-33H2,1-2H3,(H2,47,48,49)/b22-19-,30-29+/t34-,35+,36+,37+,39+/m0/s1. The molecule has 0 unspecified atom stereocenters. The summed E-state index contributed by atoms with van der Waals surface area (Å²) in [6.07, 6.45) is 28.3. The van der Waals surface area contributed by atoms with E-state index >= 15 is 0 Å². The quantitative estimate of drug-likeness (QED) is 0.0212. The second-order valence-corrected chi connectivity index (χ2v) is 16.0. The molecule has 11 nitrogen and oxygen atoms in total. The number of unbranched alkanes of at least 4 members (excludes halogenated alkanes) is 17. The molecule has 1 rings (SSSR count). The Kier molecular flexibility index (Phi) is 29.1. The summed E-state index contributed by atoms with van der Waals surface area (Å²) >= 11 is 0. The number of Topliss-reactive ketones (excluding diaryl/α,β-unsaturated/α-hetero) is 1. The Morgan fingerprint density at radius 2 is 1.32 bits per heavy atom. The lowest BCUT2D eigenvalue weighted by molar-refractivity contribution is -0.161. The van der Waals surface area contributed by atoms with Gasteiger partial charge in [0.25, 0.3) is 0 Å². The molecule has 53 heavy (non-hydrogen) atoms. The molecule has 0 heterocycles. The van der Waals surface area contributed by atoms with Crippen molar-refractivity contribution in [3.63, 3.8) is 0 Å². The van der Waals surface area contributed by atoms with E-state index in [0.717, 1.165) is 38.5 Å². The van der Waals surface area contributed by atoms with Gasteiger partial charge in [0, 0.05) is 31.1 Å². The van der Waals surface area contributed by atoms with Crippen LogP contribution in [0.4, 0.5) is 0 Å². The van der Waals surface area contributed by atoms with E-state index < -0.39 is 44.7 Å². The number of aliphatic hydroxyl groups excluding tert-OH is 2. The minimum Gasteiger partial charge on any atom is -0.462 e. The summed E-state index contributed by atoms with van der Waals surface area (Å²) in [5.74, 6) is -1.79. The van der Waals surface area contributed by atoms with Crippen LogP contribution in [0.5, 0.6) is 0 Å². The van der Waals surface area contributed by atoms with Gasteiger partial charge in [0.2, 0.25) is 0 Å². The van der Waals surface area contributed by atoms with E-state index in [4.69, 9.17) is 19.3 Å². The number of aliphatic hydroxyl groups is 2. The van der Waals surface area contributed by atoms with Crippen LogP contribution < -0.4 is 0 Å². The van der Waals surface area contributed by atoms with Crippen molar-refractivity contribution >= 4 is 25.5 Å². The van der Waals surface area contributed by atoms with Crippen molar-refractivity contribution in [1.29, 1.82) is 0 Å². The van der Waals surface area contributed by atoms with Crippen molar-refractivity contribution in [2.24, 2.45) is 11.8 Å². The number of phosphoric acid groups is 1. The zero-order valence-corrected chi connectivity index (χ0v) is 33.8. The number of hydrogen-bond acceptors (Lipinski definition) is 9. The lowest BCUT2D eigenvalue weighted by Gasteiger charge is -2.18. The number of rotatable bonds is 34. The molecule has 0 aliphatic heterocycles. The lowest BCUT2D eigenvalue weighted by atomic mass is 9.90. The number of ether oxygens (including phenoxy) is 2. The third-order valence-corrected chi connectivity index (χ3v) is 10.3. The highest BCUT2D eigenvalue weighted by atomic mass is 31.2. The SMILES string of the molecule is CCCCCCCCCCCCCCCCCC(=O)O[C@H](COC(=O)CCC/C=C\C[C@H]1C(=O)C[C@@H](O)[C@@H]1/C=C/[C@@H](O)CCCCC)COP(=O)(O)O. The van der Waals surface area contributed by atoms with Crippen molar-refractivity contribution < 1.29 is 52.9 Å². The van der Waals surface area contributed by atoms with Crippen LogP contribution in [0.25, 0.3) is 0 Å². The number of allylic oxidation sites excluding steroid dienone is 2. The average molecular weight is 773 g/mol. The Hall–Kier alpha value is -1.88. The Morgan fingerprint density at radius 1 is 0.774 bits per heavy atom. The van der Waals surface area contributed by atoms with Crippen LogP contribution >= 0.6 is 7.82 Å². The van der Waals surface area contributed by atoms with Crippen molar-refractivity contribution in [2.45, 2.75) is 193 Å². The van der Waals surface area contributed by atoms with Gasteiger partial charge >= 0.3 is 19.8 Å². The number of carbonyl (C=O) groups excluding carboxylic acids is 3. The molecule has 0 aromatic heterocycles. The maximum Gasteiger partial charge on any atom is 0.469 e. The molecule has 0 saturated heterocycles. The van der Waals surface area contributed by atoms with Gasteiger partial charge in [-0.1, -0.05) is 147 Å². The van der Waals surface area contributed by atoms with Gasteiger partial charge in [-0.05, 0) is 32.1 Å². The first-order chi connectivity index (χ1) is 25.5. The average Bonchev–Trinajstić information content (AvgIpc) is 3.38. The fourth-order valence-electron chi connectivity index (χ4n) is 6.65. The largest absolute Gasteiger partial charge is 0.469 e. The van der Waals surface area contributed by atoms with E-state index in [9.17, 15) is 29.2 Å². The molecular weight excluding hydrogens is 699 g/mol. The molecule has 308 valence electrons. The maximum absolute atomic E-state index is 12.5. The molecule has 0 aromatic carbocycles. The van der Waals surface area contributed by atoms with Gasteiger partial charge in [-0.25, -0.2) is 4.57 Å². The normalized spacial score (nSPS) is 19.0. The highest BCUT2D eigenvalue weighted by Crippen LogP contribution is 2.36.